The molecule has 3 aromatic rings. The monoisotopic (exact) mass is 325 g/mol. The standard InChI is InChI=1S/C9H7NO2.C8H8N2O2/c11-9(12)8-5-6-3-1-2-4-7(6)10-8;9-5-1-2-7-6(3-5)10-8(11)4-12-7/h1-5,10H,(H,11,12);1-3H,4,9H2,(H,10,11). The molecule has 1 aliphatic heterocycles. The molecule has 0 unspecified atom stereocenters. The van der Waals surface area contributed by atoms with E-state index in [-0.39, 0.29) is 18.2 Å². The fraction of sp³-hybridized carbons (Fsp3) is 0.0588. The number of carboxylic acids is 1. The Kier molecular flexibility index (Phi) is 4.07. The van der Waals surface area contributed by atoms with Crippen LogP contribution in [0.1, 0.15) is 10.5 Å². The lowest BCUT2D eigenvalue weighted by atomic mass is 10.2. The fourth-order valence-corrected chi connectivity index (χ4v) is 2.29. The largest absolute Gasteiger partial charge is 0.482 e. The van der Waals surface area contributed by atoms with Crippen LogP contribution in [-0.2, 0) is 4.79 Å². The van der Waals surface area contributed by atoms with Gasteiger partial charge in [0.25, 0.3) is 5.91 Å². The number of carbonyl (C=O) groups excluding carboxylic acids is 1. The van der Waals surface area contributed by atoms with E-state index in [1.54, 1.807) is 24.3 Å². The Balaban J connectivity index is 0.000000141. The van der Waals surface area contributed by atoms with Gasteiger partial charge in [-0.15, -0.1) is 0 Å². The molecule has 2 aromatic carbocycles. The maximum Gasteiger partial charge on any atom is 0.352 e. The van der Waals surface area contributed by atoms with E-state index < -0.39 is 5.97 Å². The molecule has 122 valence electrons. The normalized spacial score (nSPS) is 12.4. The van der Waals surface area contributed by atoms with Gasteiger partial charge >= 0.3 is 5.97 Å². The quantitative estimate of drug-likeness (QED) is 0.513. The fourth-order valence-electron chi connectivity index (χ4n) is 2.29. The first-order valence-electron chi connectivity index (χ1n) is 7.16. The predicted molar refractivity (Wildman–Crippen MR) is 90.2 cm³/mol. The van der Waals surface area contributed by atoms with Gasteiger partial charge in [0.15, 0.2) is 6.61 Å². The van der Waals surface area contributed by atoms with Gasteiger partial charge in [0.2, 0.25) is 0 Å². The molecule has 2 heterocycles. The lowest BCUT2D eigenvalue weighted by Crippen LogP contribution is -2.25. The molecular weight excluding hydrogens is 310 g/mol. The molecule has 1 aliphatic rings. The molecule has 0 aliphatic carbocycles. The number of benzene rings is 2. The molecule has 1 aromatic heterocycles. The Hall–Kier alpha value is -3.48. The van der Waals surface area contributed by atoms with Crippen LogP contribution < -0.4 is 15.8 Å². The maximum atomic E-state index is 10.9. The smallest absolute Gasteiger partial charge is 0.352 e. The summed E-state index contributed by atoms with van der Waals surface area (Å²) in [5.74, 6) is -0.400. The van der Waals surface area contributed by atoms with Crippen LogP contribution in [0, 0.1) is 0 Å². The second-order valence-corrected chi connectivity index (χ2v) is 5.17. The van der Waals surface area contributed by atoms with Crippen molar-refractivity contribution in [3.05, 3.63) is 54.2 Å². The molecule has 0 bridgehead atoms. The van der Waals surface area contributed by atoms with Crippen molar-refractivity contribution >= 4 is 34.2 Å². The third-order valence-corrected chi connectivity index (χ3v) is 3.40. The van der Waals surface area contributed by atoms with Crippen LogP contribution >= 0.6 is 0 Å². The van der Waals surface area contributed by atoms with Gasteiger partial charge in [0.1, 0.15) is 11.4 Å². The molecule has 0 fully saturated rings. The van der Waals surface area contributed by atoms with Crippen molar-refractivity contribution in [3.8, 4) is 5.75 Å². The van der Waals surface area contributed by atoms with Crippen molar-refractivity contribution in [2.75, 3.05) is 17.7 Å². The van der Waals surface area contributed by atoms with Gasteiger partial charge in [-0.2, -0.15) is 0 Å². The van der Waals surface area contributed by atoms with Gasteiger partial charge in [-0.1, -0.05) is 18.2 Å². The number of carboxylic acid groups (broad SMARTS) is 1. The number of fused-ring (bicyclic) bond motifs is 2. The Morgan fingerprint density at radius 3 is 2.71 bits per heavy atom. The summed E-state index contributed by atoms with van der Waals surface area (Å²) in [5.41, 5.74) is 7.86. The number of anilines is 2. The summed E-state index contributed by atoms with van der Waals surface area (Å²) in [6.45, 7) is 0.0803. The van der Waals surface area contributed by atoms with Gasteiger partial charge in [0.05, 0.1) is 5.69 Å². The second kappa shape index (κ2) is 6.33. The lowest BCUT2D eigenvalue weighted by molar-refractivity contribution is -0.118. The number of rotatable bonds is 1. The second-order valence-electron chi connectivity index (χ2n) is 5.17. The van der Waals surface area contributed by atoms with Gasteiger partial charge in [-0.05, 0) is 30.3 Å². The first-order chi connectivity index (χ1) is 11.5. The average Bonchev–Trinajstić information content (AvgIpc) is 2.99. The topological polar surface area (TPSA) is 117 Å². The van der Waals surface area contributed by atoms with E-state index >= 15 is 0 Å². The zero-order valence-electron chi connectivity index (χ0n) is 12.6. The Morgan fingerprint density at radius 1 is 1.17 bits per heavy atom. The lowest BCUT2D eigenvalue weighted by Gasteiger charge is -2.17. The third kappa shape index (κ3) is 3.30. The number of hydrogen-bond acceptors (Lipinski definition) is 4. The number of H-pyrrole nitrogens is 1. The summed E-state index contributed by atoms with van der Waals surface area (Å²) < 4.78 is 5.12. The highest BCUT2D eigenvalue weighted by molar-refractivity contribution is 5.96. The molecule has 4 rings (SSSR count). The summed E-state index contributed by atoms with van der Waals surface area (Å²) >= 11 is 0. The van der Waals surface area contributed by atoms with E-state index in [4.69, 9.17) is 15.6 Å². The van der Waals surface area contributed by atoms with Crippen LogP contribution in [0.25, 0.3) is 10.9 Å². The maximum absolute atomic E-state index is 10.9. The highest BCUT2D eigenvalue weighted by Gasteiger charge is 2.14. The van der Waals surface area contributed by atoms with Crippen LogP contribution in [0.4, 0.5) is 11.4 Å². The molecule has 0 saturated carbocycles. The average molecular weight is 325 g/mol. The third-order valence-electron chi connectivity index (χ3n) is 3.40. The first-order valence-corrected chi connectivity index (χ1v) is 7.16. The van der Waals surface area contributed by atoms with Crippen molar-refractivity contribution in [2.24, 2.45) is 0 Å². The van der Waals surface area contributed by atoms with E-state index in [1.807, 2.05) is 24.3 Å². The van der Waals surface area contributed by atoms with E-state index in [0.717, 1.165) is 10.9 Å². The number of ether oxygens (including phenoxy) is 1. The molecule has 1 amide bonds. The highest BCUT2D eigenvalue weighted by Crippen LogP contribution is 2.28. The van der Waals surface area contributed by atoms with Crippen LogP contribution in [-0.4, -0.2) is 28.6 Å². The summed E-state index contributed by atoms with van der Waals surface area (Å²) in [5, 5.41) is 12.2. The van der Waals surface area contributed by atoms with Crippen molar-refractivity contribution in [3.63, 3.8) is 0 Å². The minimum absolute atomic E-state index is 0.0803. The first kappa shape index (κ1) is 15.4. The molecule has 24 heavy (non-hydrogen) atoms. The molecule has 7 nitrogen and oxygen atoms in total. The van der Waals surface area contributed by atoms with Gasteiger partial charge in [-0.3, -0.25) is 4.79 Å². The number of hydrogen-bond donors (Lipinski definition) is 4. The summed E-state index contributed by atoms with van der Waals surface area (Å²) in [6, 6.07) is 14.2. The van der Waals surface area contributed by atoms with Crippen molar-refractivity contribution in [2.45, 2.75) is 0 Å². The Morgan fingerprint density at radius 2 is 1.96 bits per heavy atom. The zero-order valence-corrected chi connectivity index (χ0v) is 12.6. The molecular formula is C17H15N3O4. The zero-order chi connectivity index (χ0) is 17.1. The number of carbonyl (C=O) groups is 2. The summed E-state index contributed by atoms with van der Waals surface area (Å²) in [4.78, 5) is 24.2. The SMILES string of the molecule is Nc1ccc2c(c1)NC(=O)CO2.O=C(O)c1cc2ccccc2[nH]1. The molecule has 0 atom stereocenters. The molecule has 7 heteroatoms. The predicted octanol–water partition coefficient (Wildman–Crippen LogP) is 2.47. The number of aromatic amines is 1. The highest BCUT2D eigenvalue weighted by atomic mass is 16.5. The number of amides is 1. The van der Waals surface area contributed by atoms with Crippen molar-refractivity contribution < 1.29 is 19.4 Å². The van der Waals surface area contributed by atoms with Gasteiger partial charge in [0, 0.05) is 16.6 Å². The number of aromatic nitrogens is 1. The minimum atomic E-state index is -0.925. The van der Waals surface area contributed by atoms with Crippen LogP contribution in [0.3, 0.4) is 0 Å². The number of nitrogen functional groups attached to an aromatic ring is 1. The summed E-state index contributed by atoms with van der Waals surface area (Å²) in [6.07, 6.45) is 0. The van der Waals surface area contributed by atoms with Crippen LogP contribution in [0.2, 0.25) is 0 Å². The number of nitrogens with one attached hydrogen (secondary N) is 2. The molecule has 0 saturated heterocycles. The summed E-state index contributed by atoms with van der Waals surface area (Å²) in [7, 11) is 0. The van der Waals surface area contributed by atoms with E-state index in [1.165, 1.54) is 0 Å². The van der Waals surface area contributed by atoms with E-state index in [9.17, 15) is 9.59 Å². The number of aromatic carboxylic acids is 1. The van der Waals surface area contributed by atoms with E-state index in [2.05, 4.69) is 10.3 Å². The molecule has 0 radical (unpaired) electrons. The van der Waals surface area contributed by atoms with Crippen molar-refractivity contribution in [1.82, 2.24) is 4.98 Å². The van der Waals surface area contributed by atoms with E-state index in [0.29, 0.717) is 17.1 Å². The van der Waals surface area contributed by atoms with Gasteiger partial charge in [-0.25, -0.2) is 4.79 Å². The van der Waals surface area contributed by atoms with Crippen LogP contribution in [0.5, 0.6) is 5.75 Å². The Labute approximate surface area is 137 Å². The van der Waals surface area contributed by atoms with Gasteiger partial charge < -0.3 is 25.9 Å². The Bertz CT molecular complexity index is 884. The van der Waals surface area contributed by atoms with Crippen LogP contribution in [0.15, 0.2) is 48.5 Å². The minimum Gasteiger partial charge on any atom is -0.482 e. The number of nitrogens with two attached hydrogens (primary N) is 1. The number of para-hydroxylation sites is 1. The molecule has 5 N–H and O–H groups in total. The molecule has 0 spiro atoms. The van der Waals surface area contributed by atoms with Crippen molar-refractivity contribution in [1.29, 1.82) is 0 Å².